The third-order valence-electron chi connectivity index (χ3n) is 5.99. The normalized spacial score (nSPS) is 11.1. The second-order valence-corrected chi connectivity index (χ2v) is 8.39. The number of imidazole rings is 1. The molecule has 0 radical (unpaired) electrons. The van der Waals surface area contributed by atoms with Crippen LogP contribution in [-0.2, 0) is 11.3 Å². The summed E-state index contributed by atoms with van der Waals surface area (Å²) in [6, 6.07) is 31.2. The molecule has 0 unspecified atom stereocenters. The van der Waals surface area contributed by atoms with Gasteiger partial charge in [0.25, 0.3) is 0 Å². The highest BCUT2D eigenvalue weighted by Crippen LogP contribution is 2.29. The van der Waals surface area contributed by atoms with Gasteiger partial charge in [-0.2, -0.15) is 0 Å². The number of fused-ring (bicyclic) bond motifs is 1. The largest absolute Gasteiger partial charge is 0.493 e. The van der Waals surface area contributed by atoms with E-state index in [0.29, 0.717) is 23.8 Å². The van der Waals surface area contributed by atoms with Crippen molar-refractivity contribution in [1.82, 2.24) is 9.55 Å². The van der Waals surface area contributed by atoms with Gasteiger partial charge in [-0.25, -0.2) is 9.78 Å². The van der Waals surface area contributed by atoms with Crippen molar-refractivity contribution in [2.24, 2.45) is 0 Å². The van der Waals surface area contributed by atoms with E-state index in [-0.39, 0.29) is 0 Å². The molecule has 0 saturated carbocycles. The van der Waals surface area contributed by atoms with E-state index >= 15 is 0 Å². The Morgan fingerprint density at radius 1 is 0.838 bits per heavy atom. The van der Waals surface area contributed by atoms with Crippen LogP contribution in [0.25, 0.3) is 28.5 Å². The first-order valence-electron chi connectivity index (χ1n) is 11.9. The summed E-state index contributed by atoms with van der Waals surface area (Å²) in [7, 11) is 3.15. The van der Waals surface area contributed by atoms with Gasteiger partial charge in [-0.3, -0.25) is 0 Å². The van der Waals surface area contributed by atoms with Gasteiger partial charge in [0.1, 0.15) is 11.6 Å². The highest BCUT2D eigenvalue weighted by atomic mass is 16.5. The zero-order valence-electron chi connectivity index (χ0n) is 20.6. The zero-order valence-corrected chi connectivity index (χ0v) is 20.6. The van der Waals surface area contributed by atoms with E-state index in [1.807, 2.05) is 54.6 Å². The van der Waals surface area contributed by atoms with Crippen molar-refractivity contribution in [2.75, 3.05) is 14.2 Å². The van der Waals surface area contributed by atoms with Crippen LogP contribution in [0.15, 0.2) is 103 Å². The van der Waals surface area contributed by atoms with Crippen molar-refractivity contribution in [3.8, 4) is 28.6 Å². The summed E-state index contributed by atoms with van der Waals surface area (Å²) in [5.41, 5.74) is 4.93. The van der Waals surface area contributed by atoms with Gasteiger partial charge in [0.15, 0.2) is 11.5 Å². The maximum Gasteiger partial charge on any atom is 0.336 e. The van der Waals surface area contributed by atoms with Crippen LogP contribution in [0.2, 0.25) is 0 Å². The molecule has 0 saturated heterocycles. The maximum absolute atomic E-state index is 12.4. The lowest BCUT2D eigenvalue weighted by molar-refractivity contribution is -0.128. The van der Waals surface area contributed by atoms with E-state index in [0.717, 1.165) is 28.0 Å². The van der Waals surface area contributed by atoms with Crippen molar-refractivity contribution in [3.63, 3.8) is 0 Å². The van der Waals surface area contributed by atoms with Crippen molar-refractivity contribution in [3.05, 3.63) is 114 Å². The molecule has 184 valence electrons. The summed E-state index contributed by atoms with van der Waals surface area (Å²) < 4.78 is 18.3. The molecule has 1 heterocycles. The zero-order chi connectivity index (χ0) is 25.6. The fourth-order valence-electron chi connectivity index (χ4n) is 4.16. The van der Waals surface area contributed by atoms with Crippen LogP contribution in [-0.4, -0.2) is 29.7 Å². The molecule has 6 nitrogen and oxygen atoms in total. The first-order valence-corrected chi connectivity index (χ1v) is 11.9. The Morgan fingerprint density at radius 3 is 2.32 bits per heavy atom. The fraction of sp³-hybridized carbons (Fsp3) is 0.0968. The fourth-order valence-corrected chi connectivity index (χ4v) is 4.16. The number of rotatable bonds is 8. The molecule has 37 heavy (non-hydrogen) atoms. The van der Waals surface area contributed by atoms with Gasteiger partial charge >= 0.3 is 5.97 Å². The van der Waals surface area contributed by atoms with Crippen LogP contribution in [0.4, 0.5) is 0 Å². The van der Waals surface area contributed by atoms with Gasteiger partial charge in [0.2, 0.25) is 0 Å². The summed E-state index contributed by atoms with van der Waals surface area (Å²) in [6.07, 6.45) is 3.05. The average Bonchev–Trinajstić information content (AvgIpc) is 3.31. The Morgan fingerprint density at radius 2 is 1.57 bits per heavy atom. The molecule has 0 N–H and O–H groups in total. The number of aromatic nitrogens is 2. The topological polar surface area (TPSA) is 62.6 Å². The van der Waals surface area contributed by atoms with Crippen LogP contribution < -0.4 is 14.2 Å². The SMILES string of the molecule is COc1ccc(/C=C/C(=O)Oc2ccc(-c3nc4ccccc4n3Cc3ccccc3)cc2)cc1OC. The summed E-state index contributed by atoms with van der Waals surface area (Å²) in [6.45, 7) is 0.703. The maximum atomic E-state index is 12.4. The summed E-state index contributed by atoms with van der Waals surface area (Å²) in [5, 5.41) is 0. The van der Waals surface area contributed by atoms with Gasteiger partial charge in [-0.15, -0.1) is 0 Å². The molecular weight excluding hydrogens is 464 g/mol. The third kappa shape index (κ3) is 5.38. The van der Waals surface area contributed by atoms with Gasteiger partial charge in [0, 0.05) is 18.2 Å². The van der Waals surface area contributed by atoms with E-state index in [1.54, 1.807) is 44.6 Å². The molecule has 0 atom stereocenters. The number of carbonyl (C=O) groups excluding carboxylic acids is 1. The van der Waals surface area contributed by atoms with Crippen LogP contribution in [0.3, 0.4) is 0 Å². The van der Waals surface area contributed by atoms with Gasteiger partial charge in [-0.05, 0) is 65.7 Å². The molecule has 4 aromatic carbocycles. The number of esters is 1. The van der Waals surface area contributed by atoms with Crippen LogP contribution >= 0.6 is 0 Å². The molecule has 5 aromatic rings. The molecule has 0 fully saturated rings. The van der Waals surface area contributed by atoms with Crippen LogP contribution in [0.5, 0.6) is 17.2 Å². The Labute approximate surface area is 215 Å². The Kier molecular flexibility index (Phi) is 6.99. The second kappa shape index (κ2) is 10.8. The number of carbonyl (C=O) groups is 1. The first kappa shape index (κ1) is 23.9. The molecular formula is C31H26N2O4. The highest BCUT2D eigenvalue weighted by Gasteiger charge is 2.13. The lowest BCUT2D eigenvalue weighted by Crippen LogP contribution is -2.04. The molecule has 0 bridgehead atoms. The molecule has 0 spiro atoms. The molecule has 0 aliphatic rings. The number of ether oxygens (including phenoxy) is 3. The Hall–Kier alpha value is -4.84. The highest BCUT2D eigenvalue weighted by molar-refractivity contribution is 5.89. The Balaban J connectivity index is 1.34. The number of nitrogens with zero attached hydrogens (tertiary/aromatic N) is 2. The number of benzene rings is 4. The standard InChI is InChI=1S/C31H26N2O4/c1-35-28-18-12-22(20-29(28)36-2)13-19-30(34)37-25-16-14-24(15-17-25)31-32-26-10-6-7-11-27(26)33(31)21-23-8-4-3-5-9-23/h3-20H,21H2,1-2H3/b19-13+. The lowest BCUT2D eigenvalue weighted by atomic mass is 10.2. The van der Waals surface area contributed by atoms with E-state index in [2.05, 4.69) is 22.8 Å². The Bertz CT molecular complexity index is 1550. The molecule has 0 aliphatic heterocycles. The number of hydrogen-bond donors (Lipinski definition) is 0. The molecule has 5 rings (SSSR count). The quantitative estimate of drug-likeness (QED) is 0.143. The molecule has 0 amide bonds. The summed E-state index contributed by atoms with van der Waals surface area (Å²) in [4.78, 5) is 17.3. The predicted octanol–water partition coefficient (Wildman–Crippen LogP) is 6.39. The first-order chi connectivity index (χ1) is 18.1. The summed E-state index contributed by atoms with van der Waals surface area (Å²) >= 11 is 0. The smallest absolute Gasteiger partial charge is 0.336 e. The number of hydrogen-bond acceptors (Lipinski definition) is 5. The van der Waals surface area contributed by atoms with Crippen LogP contribution in [0.1, 0.15) is 11.1 Å². The number of para-hydroxylation sites is 2. The van der Waals surface area contributed by atoms with Gasteiger partial charge in [0.05, 0.1) is 25.3 Å². The van der Waals surface area contributed by atoms with E-state index in [4.69, 9.17) is 19.2 Å². The molecule has 1 aromatic heterocycles. The lowest BCUT2D eigenvalue weighted by Gasteiger charge is -2.10. The van der Waals surface area contributed by atoms with Crippen molar-refractivity contribution in [2.45, 2.75) is 6.54 Å². The van der Waals surface area contributed by atoms with Crippen molar-refractivity contribution >= 4 is 23.1 Å². The van der Waals surface area contributed by atoms with Crippen molar-refractivity contribution < 1.29 is 19.0 Å². The van der Waals surface area contributed by atoms with Gasteiger partial charge in [-0.1, -0.05) is 48.5 Å². The number of methoxy groups -OCH3 is 2. The van der Waals surface area contributed by atoms with E-state index in [9.17, 15) is 4.79 Å². The van der Waals surface area contributed by atoms with E-state index in [1.165, 1.54) is 11.6 Å². The second-order valence-electron chi connectivity index (χ2n) is 8.39. The summed E-state index contributed by atoms with van der Waals surface area (Å²) in [5.74, 6) is 2.05. The minimum absolute atomic E-state index is 0.455. The third-order valence-corrected chi connectivity index (χ3v) is 5.99. The molecule has 0 aliphatic carbocycles. The molecule has 6 heteroatoms. The monoisotopic (exact) mass is 490 g/mol. The minimum atomic E-state index is -0.473. The average molecular weight is 491 g/mol. The van der Waals surface area contributed by atoms with E-state index < -0.39 is 5.97 Å². The van der Waals surface area contributed by atoms with Crippen LogP contribution in [0, 0.1) is 0 Å². The van der Waals surface area contributed by atoms with Crippen molar-refractivity contribution in [1.29, 1.82) is 0 Å². The minimum Gasteiger partial charge on any atom is -0.493 e. The predicted molar refractivity (Wildman–Crippen MR) is 145 cm³/mol. The van der Waals surface area contributed by atoms with Gasteiger partial charge < -0.3 is 18.8 Å².